The average Bonchev–Trinajstić information content (AvgIpc) is 2.37. The van der Waals surface area contributed by atoms with Gasteiger partial charge in [-0.1, -0.05) is 29.8 Å². The number of nitrogens with zero attached hydrogens (tertiary/aromatic N) is 1. The molecule has 0 N–H and O–H groups in total. The van der Waals surface area contributed by atoms with E-state index in [1.54, 1.807) is 4.90 Å². The van der Waals surface area contributed by atoms with Gasteiger partial charge >= 0.3 is 0 Å². The summed E-state index contributed by atoms with van der Waals surface area (Å²) >= 11 is 11.0. The molecule has 5 heteroatoms. The molecule has 1 aromatic rings. The van der Waals surface area contributed by atoms with Gasteiger partial charge in [-0.2, -0.15) is 0 Å². The molecule has 0 aliphatic carbocycles. The van der Waals surface area contributed by atoms with Gasteiger partial charge in [0, 0.05) is 32.0 Å². The highest BCUT2D eigenvalue weighted by molar-refractivity contribution is 7.80. The fourth-order valence-electron chi connectivity index (χ4n) is 1.48. The van der Waals surface area contributed by atoms with Gasteiger partial charge in [0.2, 0.25) is 0 Å². The summed E-state index contributed by atoms with van der Waals surface area (Å²) in [5.41, 5.74) is 1.00. The van der Waals surface area contributed by atoms with Crippen molar-refractivity contribution in [1.82, 2.24) is 4.90 Å². The second-order valence-corrected chi connectivity index (χ2v) is 5.15. The largest absolute Gasteiger partial charge is 0.470 e. The molecule has 104 valence electrons. The number of halogens is 1. The molecule has 0 radical (unpaired) electrons. The van der Waals surface area contributed by atoms with E-state index in [2.05, 4.69) is 0 Å². The molecular formula is C14H18ClNO2S. The first kappa shape index (κ1) is 15.9. The van der Waals surface area contributed by atoms with E-state index in [1.807, 2.05) is 38.4 Å². The van der Waals surface area contributed by atoms with Crippen LogP contribution in [-0.2, 0) is 16.0 Å². The minimum Gasteiger partial charge on any atom is -0.470 e. The molecule has 0 saturated carbocycles. The first-order chi connectivity index (χ1) is 9.00. The highest BCUT2D eigenvalue weighted by atomic mass is 35.5. The predicted octanol–water partition coefficient (Wildman–Crippen LogP) is 3.09. The van der Waals surface area contributed by atoms with E-state index in [1.165, 1.54) is 0 Å². The van der Waals surface area contributed by atoms with Crippen LogP contribution in [-0.4, -0.2) is 36.6 Å². The van der Waals surface area contributed by atoms with Crippen LogP contribution < -0.4 is 0 Å². The molecule has 0 amide bonds. The minimum atomic E-state index is 0.154. The zero-order valence-electron chi connectivity index (χ0n) is 11.2. The minimum absolute atomic E-state index is 0.154. The maximum absolute atomic E-state index is 11.7. The van der Waals surface area contributed by atoms with Crippen molar-refractivity contribution >= 4 is 34.8 Å². The number of rotatable bonds is 6. The van der Waals surface area contributed by atoms with E-state index in [-0.39, 0.29) is 5.78 Å². The van der Waals surface area contributed by atoms with E-state index >= 15 is 0 Å². The summed E-state index contributed by atoms with van der Waals surface area (Å²) in [5, 5.41) is 1.11. The lowest BCUT2D eigenvalue weighted by atomic mass is 10.1. The lowest BCUT2D eigenvalue weighted by molar-refractivity contribution is -0.119. The molecule has 0 fully saturated rings. The molecule has 1 rings (SSSR count). The summed E-state index contributed by atoms with van der Waals surface area (Å²) in [6.45, 7) is 0.332. The molecule has 0 aliphatic rings. The Balaban J connectivity index is 2.25. The zero-order valence-corrected chi connectivity index (χ0v) is 12.8. The summed E-state index contributed by atoms with van der Waals surface area (Å²) in [6.07, 6.45) is 1.51. The number of ether oxygens (including phenoxy) is 1. The third kappa shape index (κ3) is 6.03. The fraction of sp³-hybridized carbons (Fsp3) is 0.429. The number of Topliss-reactive ketones (excluding diaryl/α,β-unsaturated/α-hetero) is 1. The van der Waals surface area contributed by atoms with E-state index in [0.29, 0.717) is 36.1 Å². The summed E-state index contributed by atoms with van der Waals surface area (Å²) in [6, 6.07) is 7.57. The predicted molar refractivity (Wildman–Crippen MR) is 81.6 cm³/mol. The second kappa shape index (κ2) is 8.12. The number of ketones is 1. The van der Waals surface area contributed by atoms with Gasteiger partial charge in [-0.15, -0.1) is 0 Å². The number of carbonyl (C=O) groups is 1. The Hall–Kier alpha value is -1.13. The van der Waals surface area contributed by atoms with Crippen LogP contribution in [0.15, 0.2) is 24.3 Å². The molecule has 19 heavy (non-hydrogen) atoms. The zero-order chi connectivity index (χ0) is 14.3. The highest BCUT2D eigenvalue weighted by Crippen LogP contribution is 2.16. The van der Waals surface area contributed by atoms with Crippen LogP contribution >= 0.6 is 23.8 Å². The smallest absolute Gasteiger partial charge is 0.258 e. The Morgan fingerprint density at radius 2 is 2.00 bits per heavy atom. The van der Waals surface area contributed by atoms with E-state index < -0.39 is 0 Å². The molecule has 0 aliphatic heterocycles. The van der Waals surface area contributed by atoms with E-state index in [4.69, 9.17) is 28.6 Å². The normalized spacial score (nSPS) is 10.1. The van der Waals surface area contributed by atoms with Gasteiger partial charge in [0.1, 0.15) is 5.78 Å². The van der Waals surface area contributed by atoms with Gasteiger partial charge < -0.3 is 9.64 Å². The van der Waals surface area contributed by atoms with Crippen LogP contribution in [0.4, 0.5) is 0 Å². The summed E-state index contributed by atoms with van der Waals surface area (Å²) in [5.74, 6) is 0.154. The van der Waals surface area contributed by atoms with E-state index in [9.17, 15) is 4.79 Å². The molecule has 0 saturated heterocycles. The lowest BCUT2D eigenvalue weighted by Crippen LogP contribution is -2.23. The van der Waals surface area contributed by atoms with Crippen LogP contribution in [0.1, 0.15) is 18.4 Å². The van der Waals surface area contributed by atoms with Gasteiger partial charge in [-0.05, 0) is 30.3 Å². The number of aryl methyl sites for hydroxylation is 1. The molecule has 1 aromatic carbocycles. The summed E-state index contributed by atoms with van der Waals surface area (Å²) < 4.78 is 5.26. The molecule has 3 nitrogen and oxygen atoms in total. The Kier molecular flexibility index (Phi) is 6.81. The van der Waals surface area contributed by atoms with Crippen LogP contribution in [0, 0.1) is 0 Å². The maximum Gasteiger partial charge on any atom is 0.258 e. The number of thiocarbonyl (C=S) groups is 1. The molecule has 0 spiro atoms. The molecular weight excluding hydrogens is 282 g/mol. The van der Waals surface area contributed by atoms with Gasteiger partial charge in [0.25, 0.3) is 5.17 Å². The second-order valence-electron chi connectivity index (χ2n) is 4.39. The number of hydrogen-bond donors (Lipinski definition) is 0. The molecule has 0 heterocycles. The number of hydrogen-bond acceptors (Lipinski definition) is 3. The third-order valence-electron chi connectivity index (χ3n) is 2.60. The third-order valence-corrected chi connectivity index (χ3v) is 3.45. The molecule has 0 unspecified atom stereocenters. The molecule has 0 aromatic heterocycles. The van der Waals surface area contributed by atoms with Gasteiger partial charge in [-0.25, -0.2) is 0 Å². The Labute approximate surface area is 124 Å². The van der Waals surface area contributed by atoms with Gasteiger partial charge in [0.15, 0.2) is 0 Å². The van der Waals surface area contributed by atoms with Crippen LogP contribution in [0.2, 0.25) is 5.02 Å². The topological polar surface area (TPSA) is 29.5 Å². The monoisotopic (exact) mass is 299 g/mol. The number of carbonyl (C=O) groups excluding carboxylic acids is 1. The van der Waals surface area contributed by atoms with Crippen molar-refractivity contribution in [2.45, 2.75) is 19.3 Å². The Bertz CT molecular complexity index is 449. The summed E-state index contributed by atoms with van der Waals surface area (Å²) in [7, 11) is 3.61. The van der Waals surface area contributed by atoms with Crippen molar-refractivity contribution in [3.63, 3.8) is 0 Å². The SMILES string of the molecule is CN(C)C(=S)OCCC(=O)CCc1ccccc1Cl. The fourth-order valence-corrected chi connectivity index (χ4v) is 1.80. The van der Waals surface area contributed by atoms with E-state index in [0.717, 1.165) is 5.56 Å². The highest BCUT2D eigenvalue weighted by Gasteiger charge is 2.06. The standard InChI is InChI=1S/C14H18ClNO2S/c1-16(2)14(19)18-10-9-12(17)8-7-11-5-3-4-6-13(11)15/h3-6H,7-10H2,1-2H3. The summed E-state index contributed by atoms with van der Waals surface area (Å²) in [4.78, 5) is 13.4. The van der Waals surface area contributed by atoms with Crippen molar-refractivity contribution in [1.29, 1.82) is 0 Å². The first-order valence-corrected chi connectivity index (χ1v) is 6.88. The van der Waals surface area contributed by atoms with Crippen LogP contribution in [0.5, 0.6) is 0 Å². The first-order valence-electron chi connectivity index (χ1n) is 6.10. The Morgan fingerprint density at radius 1 is 1.32 bits per heavy atom. The Morgan fingerprint density at radius 3 is 2.63 bits per heavy atom. The molecule has 0 atom stereocenters. The molecule has 0 bridgehead atoms. The maximum atomic E-state index is 11.7. The quantitative estimate of drug-likeness (QED) is 0.755. The van der Waals surface area contributed by atoms with Crippen molar-refractivity contribution in [2.24, 2.45) is 0 Å². The van der Waals surface area contributed by atoms with Crippen molar-refractivity contribution in [3.05, 3.63) is 34.9 Å². The van der Waals surface area contributed by atoms with Crippen molar-refractivity contribution in [3.8, 4) is 0 Å². The van der Waals surface area contributed by atoms with Crippen molar-refractivity contribution in [2.75, 3.05) is 20.7 Å². The van der Waals surface area contributed by atoms with Crippen LogP contribution in [0.25, 0.3) is 0 Å². The van der Waals surface area contributed by atoms with Gasteiger partial charge in [-0.3, -0.25) is 4.79 Å². The average molecular weight is 300 g/mol. The lowest BCUT2D eigenvalue weighted by Gasteiger charge is -2.13. The number of benzene rings is 1. The van der Waals surface area contributed by atoms with Crippen molar-refractivity contribution < 1.29 is 9.53 Å². The van der Waals surface area contributed by atoms with Crippen LogP contribution in [0.3, 0.4) is 0 Å². The van der Waals surface area contributed by atoms with Gasteiger partial charge in [0.05, 0.1) is 6.61 Å².